The molecule has 2 aromatic carbocycles. The Hall–Kier alpha value is -2.90. The van der Waals surface area contributed by atoms with E-state index in [1.807, 2.05) is 54.3 Å². The Labute approximate surface area is 193 Å². The van der Waals surface area contributed by atoms with Crippen LogP contribution in [-0.4, -0.2) is 41.4 Å². The van der Waals surface area contributed by atoms with E-state index in [9.17, 15) is 4.79 Å². The highest BCUT2D eigenvalue weighted by molar-refractivity contribution is 7.80. The highest BCUT2D eigenvalue weighted by Gasteiger charge is 2.18. The number of hydrogen-bond acceptors (Lipinski definition) is 4. The number of aromatic nitrogens is 1. The van der Waals surface area contributed by atoms with E-state index in [0.717, 1.165) is 47.2 Å². The first-order valence-electron chi connectivity index (χ1n) is 10.9. The monoisotopic (exact) mass is 451 g/mol. The number of nitrogens with one attached hydrogen (secondary N) is 2. The number of pyridine rings is 1. The number of nitrogens with zero attached hydrogens (tertiary/aromatic N) is 1. The summed E-state index contributed by atoms with van der Waals surface area (Å²) in [4.78, 5) is 17.8. The Morgan fingerprint density at radius 3 is 2.75 bits per heavy atom. The van der Waals surface area contributed by atoms with E-state index in [1.165, 1.54) is 0 Å². The van der Waals surface area contributed by atoms with Gasteiger partial charge in [-0.05, 0) is 73.3 Å². The van der Waals surface area contributed by atoms with Crippen LogP contribution in [-0.2, 0) is 17.8 Å². The summed E-state index contributed by atoms with van der Waals surface area (Å²) >= 11 is 5.74. The van der Waals surface area contributed by atoms with Gasteiger partial charge in [0, 0.05) is 30.8 Å². The van der Waals surface area contributed by atoms with Crippen molar-refractivity contribution in [1.82, 2.24) is 15.2 Å². The first kappa shape index (κ1) is 22.3. The van der Waals surface area contributed by atoms with Crippen molar-refractivity contribution in [3.05, 3.63) is 75.6 Å². The Kier molecular flexibility index (Phi) is 7.07. The number of aromatic amines is 1. The molecule has 1 atom stereocenters. The Morgan fingerprint density at radius 2 is 2.03 bits per heavy atom. The van der Waals surface area contributed by atoms with Crippen LogP contribution in [0.3, 0.4) is 0 Å². The molecule has 1 saturated heterocycles. The largest absolute Gasteiger partial charge is 0.497 e. The zero-order valence-corrected chi connectivity index (χ0v) is 19.3. The summed E-state index contributed by atoms with van der Waals surface area (Å²) < 4.78 is 11.0. The second-order valence-corrected chi connectivity index (χ2v) is 8.63. The lowest BCUT2D eigenvalue weighted by Crippen LogP contribution is -2.42. The van der Waals surface area contributed by atoms with Gasteiger partial charge in [0.1, 0.15) is 5.75 Å². The van der Waals surface area contributed by atoms with Gasteiger partial charge >= 0.3 is 0 Å². The number of methoxy groups -OCH3 is 1. The van der Waals surface area contributed by atoms with Gasteiger partial charge in [0.15, 0.2) is 5.11 Å². The molecule has 1 aromatic heterocycles. The fourth-order valence-electron chi connectivity index (χ4n) is 3.96. The number of ether oxygens (including phenoxy) is 2. The molecule has 0 saturated carbocycles. The zero-order valence-electron chi connectivity index (χ0n) is 18.5. The van der Waals surface area contributed by atoms with Crippen LogP contribution in [0.1, 0.15) is 29.5 Å². The zero-order chi connectivity index (χ0) is 22.5. The third kappa shape index (κ3) is 5.47. The summed E-state index contributed by atoms with van der Waals surface area (Å²) in [5.74, 6) is 0.806. The maximum atomic E-state index is 12.8. The van der Waals surface area contributed by atoms with Crippen LogP contribution in [0, 0.1) is 6.92 Å². The second-order valence-electron chi connectivity index (χ2n) is 8.24. The molecule has 3 aromatic rings. The molecule has 0 amide bonds. The van der Waals surface area contributed by atoms with Gasteiger partial charge in [-0.1, -0.05) is 23.8 Å². The second kappa shape index (κ2) is 10.1. The van der Waals surface area contributed by atoms with Gasteiger partial charge in [-0.25, -0.2) is 0 Å². The average molecular weight is 452 g/mol. The molecule has 6 nitrogen and oxygen atoms in total. The highest BCUT2D eigenvalue weighted by atomic mass is 32.1. The summed E-state index contributed by atoms with van der Waals surface area (Å²) in [6.45, 7) is 4.51. The van der Waals surface area contributed by atoms with Gasteiger partial charge in [-0.15, -0.1) is 0 Å². The fraction of sp³-hybridized carbons (Fsp3) is 0.360. The summed E-state index contributed by atoms with van der Waals surface area (Å²) in [5.41, 5.74) is 3.66. The molecule has 7 heteroatoms. The van der Waals surface area contributed by atoms with Crippen molar-refractivity contribution < 1.29 is 9.47 Å². The van der Waals surface area contributed by atoms with Crippen molar-refractivity contribution in [3.8, 4) is 5.75 Å². The van der Waals surface area contributed by atoms with E-state index in [4.69, 9.17) is 21.7 Å². The smallest absolute Gasteiger partial charge is 0.253 e. The predicted octanol–water partition coefficient (Wildman–Crippen LogP) is 3.90. The standard InChI is InChI=1S/C25H29N3O3S/c1-17-5-10-23-19(12-17)13-20(24(29)27-23)16-28(15-18-6-8-21(30-2)9-7-18)25(32)26-14-22-4-3-11-31-22/h5-10,12-13,22H,3-4,11,14-16H2,1-2H3,(H,26,32)(H,27,29)/t22-/m1/s1. The van der Waals surface area contributed by atoms with Crippen LogP contribution in [0.25, 0.3) is 10.9 Å². The summed E-state index contributed by atoms with van der Waals surface area (Å²) in [6.07, 6.45) is 2.31. The first-order valence-corrected chi connectivity index (χ1v) is 11.3. The van der Waals surface area contributed by atoms with Gasteiger partial charge in [0.05, 0.1) is 19.8 Å². The highest BCUT2D eigenvalue weighted by Crippen LogP contribution is 2.17. The van der Waals surface area contributed by atoms with Crippen LogP contribution in [0.4, 0.5) is 0 Å². The number of H-pyrrole nitrogens is 1. The van der Waals surface area contributed by atoms with E-state index < -0.39 is 0 Å². The van der Waals surface area contributed by atoms with E-state index in [-0.39, 0.29) is 11.7 Å². The van der Waals surface area contributed by atoms with Gasteiger partial charge in [-0.3, -0.25) is 4.79 Å². The lowest BCUT2D eigenvalue weighted by Gasteiger charge is -2.27. The minimum atomic E-state index is -0.0944. The van der Waals surface area contributed by atoms with E-state index in [0.29, 0.717) is 30.3 Å². The van der Waals surface area contributed by atoms with Crippen LogP contribution >= 0.6 is 12.2 Å². The van der Waals surface area contributed by atoms with Crippen molar-refractivity contribution in [2.75, 3.05) is 20.3 Å². The molecular formula is C25H29N3O3S. The van der Waals surface area contributed by atoms with E-state index in [1.54, 1.807) is 7.11 Å². The maximum Gasteiger partial charge on any atom is 0.253 e. The molecule has 0 bridgehead atoms. The first-order chi connectivity index (χ1) is 15.5. The van der Waals surface area contributed by atoms with Gasteiger partial charge < -0.3 is 24.7 Å². The normalized spacial score (nSPS) is 15.6. The van der Waals surface area contributed by atoms with E-state index in [2.05, 4.69) is 16.4 Å². The van der Waals surface area contributed by atoms with Gasteiger partial charge in [0.25, 0.3) is 5.56 Å². The predicted molar refractivity (Wildman–Crippen MR) is 131 cm³/mol. The lowest BCUT2D eigenvalue weighted by molar-refractivity contribution is 0.113. The van der Waals surface area contributed by atoms with Crippen LogP contribution < -0.4 is 15.6 Å². The fourth-order valence-corrected chi connectivity index (χ4v) is 4.18. The average Bonchev–Trinajstić information content (AvgIpc) is 3.32. The Balaban J connectivity index is 1.57. The number of aryl methyl sites for hydroxylation is 1. The minimum absolute atomic E-state index is 0.0944. The number of benzene rings is 2. The molecule has 1 aliphatic heterocycles. The molecule has 0 spiro atoms. The Bertz CT molecular complexity index is 1140. The van der Waals surface area contributed by atoms with Crippen molar-refractivity contribution in [3.63, 3.8) is 0 Å². The SMILES string of the molecule is COc1ccc(CN(Cc2cc3cc(C)ccc3[nH]c2=O)C(=S)NC[C@H]2CCCO2)cc1. The summed E-state index contributed by atoms with van der Waals surface area (Å²) in [6, 6.07) is 15.9. The Morgan fingerprint density at radius 1 is 1.22 bits per heavy atom. The molecule has 0 radical (unpaired) electrons. The molecule has 0 aliphatic carbocycles. The molecule has 2 N–H and O–H groups in total. The van der Waals surface area contributed by atoms with Crippen molar-refractivity contribution in [2.45, 2.75) is 39.0 Å². The third-order valence-corrected chi connectivity index (χ3v) is 6.17. The van der Waals surface area contributed by atoms with E-state index >= 15 is 0 Å². The summed E-state index contributed by atoms with van der Waals surface area (Å²) in [5, 5.41) is 4.98. The molecule has 0 unspecified atom stereocenters. The number of hydrogen-bond donors (Lipinski definition) is 2. The lowest BCUT2D eigenvalue weighted by atomic mass is 10.1. The van der Waals surface area contributed by atoms with Crippen molar-refractivity contribution >= 4 is 28.2 Å². The third-order valence-electron chi connectivity index (χ3n) is 5.76. The van der Waals surface area contributed by atoms with Crippen LogP contribution in [0.15, 0.2) is 53.3 Å². The quantitative estimate of drug-likeness (QED) is 0.531. The number of rotatable bonds is 7. The van der Waals surface area contributed by atoms with Crippen molar-refractivity contribution in [1.29, 1.82) is 0 Å². The van der Waals surface area contributed by atoms with Gasteiger partial charge in [-0.2, -0.15) is 0 Å². The van der Waals surface area contributed by atoms with Gasteiger partial charge in [0.2, 0.25) is 0 Å². The molecule has 1 fully saturated rings. The number of thiocarbonyl (C=S) groups is 1. The summed E-state index contributed by atoms with van der Waals surface area (Å²) in [7, 11) is 1.65. The molecular weight excluding hydrogens is 422 g/mol. The molecule has 168 valence electrons. The van der Waals surface area contributed by atoms with Crippen LogP contribution in [0.2, 0.25) is 0 Å². The molecule has 2 heterocycles. The topological polar surface area (TPSA) is 66.6 Å². The minimum Gasteiger partial charge on any atom is -0.497 e. The van der Waals surface area contributed by atoms with Crippen molar-refractivity contribution in [2.24, 2.45) is 0 Å². The molecule has 32 heavy (non-hydrogen) atoms. The number of fused-ring (bicyclic) bond motifs is 1. The molecule has 4 rings (SSSR count). The van der Waals surface area contributed by atoms with Crippen LogP contribution in [0.5, 0.6) is 5.75 Å². The molecule has 1 aliphatic rings. The maximum absolute atomic E-state index is 12.8.